The number of amides is 1. The van der Waals surface area contributed by atoms with Gasteiger partial charge in [0.25, 0.3) is 0 Å². The molecule has 14 heavy (non-hydrogen) atoms. The number of thiocarbonyl (C=S) groups is 1. The molecule has 0 radical (unpaired) electrons. The standard InChI is InChI=1S/C11H11NOS/c13-10-7-9(11(14)12-10)6-8-4-2-1-3-5-8/h1-5,9H,6-7H2,(H,12,13,14). The summed E-state index contributed by atoms with van der Waals surface area (Å²) in [6.45, 7) is 0. The largest absolute Gasteiger partial charge is 0.320 e. The van der Waals surface area contributed by atoms with Crippen LogP contribution >= 0.6 is 12.2 Å². The van der Waals surface area contributed by atoms with E-state index in [2.05, 4.69) is 17.4 Å². The molecule has 1 atom stereocenters. The Morgan fingerprint density at radius 1 is 1.36 bits per heavy atom. The molecular formula is C11H11NOS. The van der Waals surface area contributed by atoms with Gasteiger partial charge in [0.05, 0.1) is 4.99 Å². The van der Waals surface area contributed by atoms with Gasteiger partial charge in [0, 0.05) is 12.3 Å². The third-order valence-corrected chi connectivity index (χ3v) is 2.83. The lowest BCUT2D eigenvalue weighted by Gasteiger charge is -2.06. The van der Waals surface area contributed by atoms with Crippen molar-refractivity contribution in [3.8, 4) is 0 Å². The lowest BCUT2D eigenvalue weighted by atomic mass is 9.99. The van der Waals surface area contributed by atoms with Gasteiger partial charge in [0.15, 0.2) is 0 Å². The fourth-order valence-corrected chi connectivity index (χ4v) is 1.95. The number of benzene rings is 1. The van der Waals surface area contributed by atoms with Gasteiger partial charge in [-0.1, -0.05) is 42.5 Å². The number of hydrogen-bond acceptors (Lipinski definition) is 2. The van der Waals surface area contributed by atoms with E-state index in [1.54, 1.807) is 0 Å². The molecule has 72 valence electrons. The minimum atomic E-state index is 0.0518. The molecule has 0 saturated carbocycles. The van der Waals surface area contributed by atoms with Crippen LogP contribution in [0.1, 0.15) is 12.0 Å². The summed E-state index contributed by atoms with van der Waals surface area (Å²) in [6.07, 6.45) is 1.39. The third-order valence-electron chi connectivity index (χ3n) is 2.39. The number of carbonyl (C=O) groups excluding carboxylic acids is 1. The molecule has 0 spiro atoms. The summed E-state index contributed by atoms with van der Waals surface area (Å²) in [5, 5.41) is 2.68. The maximum Gasteiger partial charge on any atom is 0.225 e. The van der Waals surface area contributed by atoms with Gasteiger partial charge in [-0.2, -0.15) is 0 Å². The summed E-state index contributed by atoms with van der Waals surface area (Å²) in [5.74, 6) is 0.246. The van der Waals surface area contributed by atoms with Crippen molar-refractivity contribution >= 4 is 23.1 Å². The molecule has 1 N–H and O–H groups in total. The van der Waals surface area contributed by atoms with E-state index in [4.69, 9.17) is 12.2 Å². The van der Waals surface area contributed by atoms with Crippen LogP contribution in [0.5, 0.6) is 0 Å². The number of hydrogen-bond donors (Lipinski definition) is 1. The van der Waals surface area contributed by atoms with E-state index in [0.29, 0.717) is 11.4 Å². The van der Waals surface area contributed by atoms with Gasteiger partial charge >= 0.3 is 0 Å². The fourth-order valence-electron chi connectivity index (χ4n) is 1.67. The minimum Gasteiger partial charge on any atom is -0.320 e. The van der Waals surface area contributed by atoms with Crippen molar-refractivity contribution in [1.29, 1.82) is 0 Å². The highest BCUT2D eigenvalue weighted by molar-refractivity contribution is 7.80. The van der Waals surface area contributed by atoms with Gasteiger partial charge in [0.1, 0.15) is 0 Å². The van der Waals surface area contributed by atoms with E-state index < -0.39 is 0 Å². The zero-order chi connectivity index (χ0) is 9.97. The Kier molecular flexibility index (Phi) is 2.59. The molecule has 1 unspecified atom stereocenters. The molecule has 1 amide bonds. The molecule has 1 aliphatic rings. The minimum absolute atomic E-state index is 0.0518. The molecule has 1 fully saturated rings. The van der Waals surface area contributed by atoms with E-state index in [0.717, 1.165) is 6.42 Å². The van der Waals surface area contributed by atoms with Crippen LogP contribution in [0.3, 0.4) is 0 Å². The summed E-state index contributed by atoms with van der Waals surface area (Å²) >= 11 is 5.08. The summed E-state index contributed by atoms with van der Waals surface area (Å²) in [7, 11) is 0. The zero-order valence-corrected chi connectivity index (χ0v) is 8.51. The topological polar surface area (TPSA) is 29.1 Å². The van der Waals surface area contributed by atoms with E-state index in [1.807, 2.05) is 18.2 Å². The summed E-state index contributed by atoms with van der Waals surface area (Å²) in [6, 6.07) is 10.1. The molecule has 0 bridgehead atoms. The zero-order valence-electron chi connectivity index (χ0n) is 7.69. The van der Waals surface area contributed by atoms with Crippen molar-refractivity contribution in [2.75, 3.05) is 0 Å². The third kappa shape index (κ3) is 1.99. The highest BCUT2D eigenvalue weighted by atomic mass is 32.1. The highest BCUT2D eigenvalue weighted by Gasteiger charge is 2.26. The molecule has 0 aliphatic carbocycles. The number of rotatable bonds is 2. The molecule has 3 heteroatoms. The molecule has 1 saturated heterocycles. The normalized spacial score (nSPS) is 21.0. The fraction of sp³-hybridized carbons (Fsp3) is 0.273. The van der Waals surface area contributed by atoms with E-state index in [-0.39, 0.29) is 11.8 Å². The van der Waals surface area contributed by atoms with Crippen molar-refractivity contribution in [2.24, 2.45) is 5.92 Å². The average Bonchev–Trinajstić information content (AvgIpc) is 2.47. The van der Waals surface area contributed by atoms with E-state index in [1.165, 1.54) is 5.56 Å². The Balaban J connectivity index is 2.05. The second-order valence-corrected chi connectivity index (χ2v) is 3.94. The maximum absolute atomic E-state index is 11.1. The van der Waals surface area contributed by atoms with Crippen LogP contribution in [0.4, 0.5) is 0 Å². The lowest BCUT2D eigenvalue weighted by molar-refractivity contribution is -0.118. The smallest absolute Gasteiger partial charge is 0.225 e. The lowest BCUT2D eigenvalue weighted by Crippen LogP contribution is -2.20. The Bertz CT molecular complexity index is 361. The van der Waals surface area contributed by atoms with E-state index in [9.17, 15) is 4.79 Å². The molecule has 1 heterocycles. The van der Waals surface area contributed by atoms with Crippen LogP contribution in [0.25, 0.3) is 0 Å². The predicted octanol–water partition coefficient (Wildman–Crippen LogP) is 1.69. The molecule has 0 aromatic heterocycles. The Hall–Kier alpha value is -1.22. The summed E-state index contributed by atoms with van der Waals surface area (Å²) in [4.78, 5) is 11.7. The van der Waals surface area contributed by atoms with Gasteiger partial charge in [-0.25, -0.2) is 0 Å². The van der Waals surface area contributed by atoms with Crippen LogP contribution in [-0.2, 0) is 11.2 Å². The Morgan fingerprint density at radius 2 is 2.07 bits per heavy atom. The van der Waals surface area contributed by atoms with Crippen LogP contribution < -0.4 is 5.32 Å². The number of nitrogens with one attached hydrogen (secondary N) is 1. The molecule has 2 nitrogen and oxygen atoms in total. The first kappa shape index (κ1) is 9.34. The van der Waals surface area contributed by atoms with Gasteiger partial charge in [-0.3, -0.25) is 4.79 Å². The molecule has 2 rings (SSSR count). The van der Waals surface area contributed by atoms with Crippen LogP contribution in [0.2, 0.25) is 0 Å². The second-order valence-electron chi connectivity index (χ2n) is 3.50. The first-order chi connectivity index (χ1) is 6.75. The maximum atomic E-state index is 11.1. The average molecular weight is 205 g/mol. The van der Waals surface area contributed by atoms with E-state index >= 15 is 0 Å². The van der Waals surface area contributed by atoms with Crippen LogP contribution in [-0.4, -0.2) is 10.9 Å². The second kappa shape index (κ2) is 3.88. The molecular weight excluding hydrogens is 194 g/mol. The van der Waals surface area contributed by atoms with Crippen molar-refractivity contribution in [2.45, 2.75) is 12.8 Å². The summed E-state index contributed by atoms with van der Waals surface area (Å²) < 4.78 is 0. The highest BCUT2D eigenvalue weighted by Crippen LogP contribution is 2.17. The molecule has 1 aromatic rings. The van der Waals surface area contributed by atoms with Crippen LogP contribution in [0, 0.1) is 5.92 Å². The monoisotopic (exact) mass is 205 g/mol. The van der Waals surface area contributed by atoms with Crippen molar-refractivity contribution in [3.05, 3.63) is 35.9 Å². The Labute approximate surface area is 88.3 Å². The predicted molar refractivity (Wildman–Crippen MR) is 59.0 cm³/mol. The van der Waals surface area contributed by atoms with Crippen molar-refractivity contribution in [3.63, 3.8) is 0 Å². The first-order valence-electron chi connectivity index (χ1n) is 4.63. The Morgan fingerprint density at radius 3 is 2.64 bits per heavy atom. The summed E-state index contributed by atoms with van der Waals surface area (Å²) in [5.41, 5.74) is 1.23. The SMILES string of the molecule is O=C1CC(Cc2ccccc2)C(=S)N1. The van der Waals surface area contributed by atoms with Gasteiger partial charge < -0.3 is 5.32 Å². The number of carbonyl (C=O) groups is 1. The van der Waals surface area contributed by atoms with Gasteiger partial charge in [0.2, 0.25) is 5.91 Å². The van der Waals surface area contributed by atoms with Crippen LogP contribution in [0.15, 0.2) is 30.3 Å². The molecule has 1 aromatic carbocycles. The first-order valence-corrected chi connectivity index (χ1v) is 5.04. The quantitative estimate of drug-likeness (QED) is 0.744. The van der Waals surface area contributed by atoms with Gasteiger partial charge in [-0.15, -0.1) is 0 Å². The van der Waals surface area contributed by atoms with Gasteiger partial charge in [-0.05, 0) is 12.0 Å². The molecule has 1 aliphatic heterocycles. The van der Waals surface area contributed by atoms with Crippen molar-refractivity contribution in [1.82, 2.24) is 5.32 Å². The van der Waals surface area contributed by atoms with Crippen molar-refractivity contribution < 1.29 is 4.79 Å².